The third-order valence-electron chi connectivity index (χ3n) is 5.38. The van der Waals surface area contributed by atoms with Crippen molar-refractivity contribution in [1.29, 1.82) is 0 Å². The summed E-state index contributed by atoms with van der Waals surface area (Å²) in [7, 11) is -2.15. The van der Waals surface area contributed by atoms with Gasteiger partial charge in [0, 0.05) is 31.9 Å². The van der Waals surface area contributed by atoms with E-state index in [1.807, 2.05) is 37.3 Å². The quantitative estimate of drug-likeness (QED) is 0.419. The van der Waals surface area contributed by atoms with E-state index in [9.17, 15) is 13.2 Å². The van der Waals surface area contributed by atoms with Crippen LogP contribution in [0.15, 0.2) is 59.8 Å². The van der Waals surface area contributed by atoms with Crippen molar-refractivity contribution in [2.24, 2.45) is 0 Å². The minimum Gasteiger partial charge on any atom is -0.493 e. The van der Waals surface area contributed by atoms with Gasteiger partial charge in [-0.3, -0.25) is 9.78 Å². The number of carbonyl (C=O) groups excluding carboxylic acids is 1. The van der Waals surface area contributed by atoms with Gasteiger partial charge in [-0.1, -0.05) is 23.8 Å². The number of benzene rings is 2. The summed E-state index contributed by atoms with van der Waals surface area (Å²) in [6.45, 7) is 6.13. The summed E-state index contributed by atoms with van der Waals surface area (Å²) in [6.07, 6.45) is 3.43. The molecule has 0 unspecified atom stereocenters. The largest absolute Gasteiger partial charge is 0.493 e. The predicted molar refractivity (Wildman–Crippen MR) is 134 cm³/mol. The van der Waals surface area contributed by atoms with Crippen LogP contribution in [0.25, 0.3) is 0 Å². The molecule has 0 saturated carbocycles. The molecule has 0 atom stereocenters. The van der Waals surface area contributed by atoms with Crippen molar-refractivity contribution in [2.45, 2.75) is 45.2 Å². The number of aryl methyl sites for hydroxylation is 3. The van der Waals surface area contributed by atoms with Crippen LogP contribution >= 0.6 is 0 Å². The van der Waals surface area contributed by atoms with Crippen LogP contribution in [-0.2, 0) is 28.0 Å². The number of methoxy groups -OCH3 is 1. The highest BCUT2D eigenvalue weighted by Gasteiger charge is 2.19. The fraction of sp³-hybridized carbons (Fsp3) is 0.308. The van der Waals surface area contributed by atoms with Gasteiger partial charge in [0.25, 0.3) is 0 Å². The number of sulfonamides is 1. The number of pyridine rings is 1. The number of carbonyl (C=O) groups is 1. The van der Waals surface area contributed by atoms with Crippen LogP contribution in [0.3, 0.4) is 0 Å². The Morgan fingerprint density at radius 2 is 1.63 bits per heavy atom. The highest BCUT2D eigenvalue weighted by atomic mass is 32.2. The number of nitrogens with one attached hydrogen (secondary N) is 2. The molecule has 0 bridgehead atoms. The first kappa shape index (κ1) is 26.2. The molecule has 2 N–H and O–H groups in total. The molecule has 1 heterocycles. The maximum absolute atomic E-state index is 12.7. The van der Waals surface area contributed by atoms with Crippen LogP contribution in [0, 0.1) is 20.8 Å². The molecule has 2 aromatic carbocycles. The molecular formula is C26H31N3O5S. The monoisotopic (exact) mass is 497 g/mol. The lowest BCUT2D eigenvalue weighted by atomic mass is 10.1. The lowest BCUT2D eigenvalue weighted by Crippen LogP contribution is -2.31. The van der Waals surface area contributed by atoms with E-state index >= 15 is 0 Å². The molecule has 1 aromatic heterocycles. The minimum absolute atomic E-state index is 0.00598. The minimum atomic E-state index is -3.70. The number of hydrogen-bond acceptors (Lipinski definition) is 6. The predicted octanol–water partition coefficient (Wildman–Crippen LogP) is 3.58. The van der Waals surface area contributed by atoms with E-state index in [2.05, 4.69) is 15.0 Å². The molecule has 0 spiro atoms. The summed E-state index contributed by atoms with van der Waals surface area (Å²) in [6, 6.07) is 12.8. The summed E-state index contributed by atoms with van der Waals surface area (Å²) in [4.78, 5) is 16.5. The summed E-state index contributed by atoms with van der Waals surface area (Å²) in [5, 5.41) is 2.81. The molecule has 3 aromatic rings. The first-order chi connectivity index (χ1) is 16.7. The van der Waals surface area contributed by atoms with Crippen molar-refractivity contribution < 1.29 is 22.7 Å². The van der Waals surface area contributed by atoms with Gasteiger partial charge >= 0.3 is 0 Å². The Morgan fingerprint density at radius 1 is 0.943 bits per heavy atom. The standard InChI is InChI=1S/C26H31N3O5S/c1-18-13-19(2)26(20(3)14-18)35(31,32)29-12-9-25(30)28-16-22-5-6-23(24(15-22)33-4)34-17-21-7-10-27-11-8-21/h5-8,10-11,13-15,29H,9,12,16-17H2,1-4H3,(H,28,30). The number of aromatic nitrogens is 1. The SMILES string of the molecule is COc1cc(CNC(=O)CCNS(=O)(=O)c2c(C)cc(C)cc2C)ccc1OCc1ccncc1. The number of nitrogens with zero attached hydrogens (tertiary/aromatic N) is 1. The maximum Gasteiger partial charge on any atom is 0.241 e. The van der Waals surface area contributed by atoms with Crippen molar-refractivity contribution in [2.75, 3.05) is 13.7 Å². The Kier molecular flexibility index (Phi) is 8.84. The van der Waals surface area contributed by atoms with Crippen molar-refractivity contribution in [3.63, 3.8) is 0 Å². The van der Waals surface area contributed by atoms with Gasteiger partial charge in [-0.25, -0.2) is 13.1 Å². The second-order valence-electron chi connectivity index (χ2n) is 8.28. The van der Waals surface area contributed by atoms with Crippen LogP contribution in [0.1, 0.15) is 34.2 Å². The highest BCUT2D eigenvalue weighted by Crippen LogP contribution is 2.29. The normalized spacial score (nSPS) is 11.2. The zero-order chi connectivity index (χ0) is 25.4. The fourth-order valence-corrected chi connectivity index (χ4v) is 5.31. The summed E-state index contributed by atoms with van der Waals surface area (Å²) in [5.41, 5.74) is 4.19. The second kappa shape index (κ2) is 11.8. The molecular weight excluding hydrogens is 466 g/mol. The molecule has 0 saturated heterocycles. The van der Waals surface area contributed by atoms with E-state index in [1.165, 1.54) is 0 Å². The Bertz CT molecular complexity index is 1250. The third-order valence-corrected chi connectivity index (χ3v) is 7.14. The molecule has 0 aliphatic rings. The Morgan fingerprint density at radius 3 is 2.29 bits per heavy atom. The first-order valence-corrected chi connectivity index (χ1v) is 12.7. The van der Waals surface area contributed by atoms with Gasteiger partial charge in [-0.05, 0) is 67.3 Å². The van der Waals surface area contributed by atoms with Crippen molar-refractivity contribution in [3.05, 3.63) is 82.7 Å². The van der Waals surface area contributed by atoms with Crippen molar-refractivity contribution in [1.82, 2.24) is 15.0 Å². The summed E-state index contributed by atoms with van der Waals surface area (Å²) >= 11 is 0. The molecule has 9 heteroatoms. The van der Waals surface area contributed by atoms with Gasteiger partial charge in [0.05, 0.1) is 12.0 Å². The van der Waals surface area contributed by atoms with E-state index in [-0.39, 0.29) is 30.3 Å². The van der Waals surface area contributed by atoms with Gasteiger partial charge in [0.1, 0.15) is 6.61 Å². The van der Waals surface area contributed by atoms with E-state index < -0.39 is 10.0 Å². The highest BCUT2D eigenvalue weighted by molar-refractivity contribution is 7.89. The zero-order valence-electron chi connectivity index (χ0n) is 20.4. The molecule has 0 fully saturated rings. The van der Waals surface area contributed by atoms with E-state index in [4.69, 9.17) is 9.47 Å². The Labute approximate surface area is 206 Å². The molecule has 8 nitrogen and oxygen atoms in total. The molecule has 35 heavy (non-hydrogen) atoms. The molecule has 0 aliphatic carbocycles. The topological polar surface area (TPSA) is 107 Å². The van der Waals surface area contributed by atoms with Crippen molar-refractivity contribution in [3.8, 4) is 11.5 Å². The van der Waals surface area contributed by atoms with Crippen LogP contribution in [0.4, 0.5) is 0 Å². The molecule has 3 rings (SSSR count). The smallest absolute Gasteiger partial charge is 0.241 e. The Balaban J connectivity index is 1.50. The number of ether oxygens (including phenoxy) is 2. The van der Waals surface area contributed by atoms with Gasteiger partial charge in [-0.2, -0.15) is 0 Å². The van der Waals surface area contributed by atoms with E-state index in [1.54, 1.807) is 45.5 Å². The van der Waals surface area contributed by atoms with Crippen LogP contribution in [-0.4, -0.2) is 33.0 Å². The summed E-state index contributed by atoms with van der Waals surface area (Å²) in [5.74, 6) is 0.889. The lowest BCUT2D eigenvalue weighted by Gasteiger charge is -2.14. The van der Waals surface area contributed by atoms with Gasteiger partial charge in [0.15, 0.2) is 11.5 Å². The maximum atomic E-state index is 12.7. The zero-order valence-corrected chi connectivity index (χ0v) is 21.2. The molecule has 186 valence electrons. The molecule has 1 amide bonds. The van der Waals surface area contributed by atoms with Crippen molar-refractivity contribution >= 4 is 15.9 Å². The van der Waals surface area contributed by atoms with Crippen LogP contribution < -0.4 is 19.5 Å². The second-order valence-corrected chi connectivity index (χ2v) is 9.99. The van der Waals surface area contributed by atoms with Gasteiger partial charge in [0.2, 0.25) is 15.9 Å². The average Bonchev–Trinajstić information content (AvgIpc) is 2.81. The van der Waals surface area contributed by atoms with E-state index in [0.29, 0.717) is 29.2 Å². The number of amides is 1. The van der Waals surface area contributed by atoms with Gasteiger partial charge in [-0.15, -0.1) is 0 Å². The molecule has 0 aliphatic heterocycles. The van der Waals surface area contributed by atoms with Gasteiger partial charge < -0.3 is 14.8 Å². The summed E-state index contributed by atoms with van der Waals surface area (Å²) < 4.78 is 39.2. The Hall–Kier alpha value is -3.43. The number of rotatable bonds is 11. The van der Waals surface area contributed by atoms with Crippen LogP contribution in [0.2, 0.25) is 0 Å². The van der Waals surface area contributed by atoms with Crippen LogP contribution in [0.5, 0.6) is 11.5 Å². The van der Waals surface area contributed by atoms with E-state index in [0.717, 1.165) is 16.7 Å². The molecule has 0 radical (unpaired) electrons. The fourth-order valence-electron chi connectivity index (χ4n) is 3.83. The average molecular weight is 498 g/mol. The number of hydrogen-bond donors (Lipinski definition) is 2. The first-order valence-electron chi connectivity index (χ1n) is 11.2. The third kappa shape index (κ3) is 7.27. The lowest BCUT2D eigenvalue weighted by molar-refractivity contribution is -0.121.